The molecular formula is C34H54N8O7. The first-order valence-corrected chi connectivity index (χ1v) is 17.7. The minimum absolute atomic E-state index is 0.0838. The molecule has 2 saturated carbocycles. The van der Waals surface area contributed by atoms with Crippen molar-refractivity contribution in [1.29, 1.82) is 0 Å². The first-order chi connectivity index (χ1) is 23.0. The summed E-state index contributed by atoms with van der Waals surface area (Å²) in [5, 5.41) is 17.0. The zero-order valence-corrected chi connectivity index (χ0v) is 29.6. The predicted molar refractivity (Wildman–Crippen MR) is 182 cm³/mol. The van der Waals surface area contributed by atoms with E-state index in [0.29, 0.717) is 11.3 Å². The van der Waals surface area contributed by atoms with Crippen molar-refractivity contribution in [3.05, 3.63) is 22.7 Å². The SMILES string of the molecule is CC(C)(C)OC(=O)NC1CC2(CCN(C[C@H]3CC[C@H](n4ccc(NC(=O)N5CCN(C(=O)C(C)(C)NC(=O)O)CC5)nc4=O)CC3)CC2)C1. The number of piperazine rings is 1. The maximum absolute atomic E-state index is 13.0. The zero-order valence-electron chi connectivity index (χ0n) is 29.6. The second kappa shape index (κ2) is 14.5. The minimum atomic E-state index is -1.28. The van der Waals surface area contributed by atoms with Crippen LogP contribution in [0, 0.1) is 11.3 Å². The molecule has 0 unspecified atom stereocenters. The molecule has 0 atom stereocenters. The molecule has 5 amide bonds. The number of amides is 5. The highest BCUT2D eigenvalue weighted by Gasteiger charge is 2.47. The summed E-state index contributed by atoms with van der Waals surface area (Å²) in [6.07, 6.45) is 8.45. The van der Waals surface area contributed by atoms with Crippen LogP contribution in [0.5, 0.6) is 0 Å². The van der Waals surface area contributed by atoms with E-state index >= 15 is 0 Å². The quantitative estimate of drug-likeness (QED) is 0.334. The number of alkyl carbamates (subject to hydrolysis) is 1. The third-order valence-corrected chi connectivity index (χ3v) is 10.6. The number of ether oxygens (including phenoxy) is 1. The van der Waals surface area contributed by atoms with Crippen LogP contribution in [-0.2, 0) is 9.53 Å². The van der Waals surface area contributed by atoms with Crippen LogP contribution in [-0.4, -0.2) is 116 Å². The lowest BCUT2D eigenvalue weighted by Crippen LogP contribution is -2.60. The van der Waals surface area contributed by atoms with Crippen LogP contribution in [0.2, 0.25) is 0 Å². The third-order valence-electron chi connectivity index (χ3n) is 10.6. The number of carboxylic acid groups (broad SMARTS) is 1. The fourth-order valence-electron chi connectivity index (χ4n) is 7.93. The number of rotatable bonds is 7. The molecule has 0 radical (unpaired) electrons. The van der Waals surface area contributed by atoms with E-state index in [1.807, 2.05) is 20.8 Å². The molecule has 0 aromatic carbocycles. The van der Waals surface area contributed by atoms with E-state index in [9.17, 15) is 24.0 Å². The van der Waals surface area contributed by atoms with E-state index < -0.39 is 23.3 Å². The number of aromatic nitrogens is 2. The molecule has 0 bridgehead atoms. The monoisotopic (exact) mass is 686 g/mol. The fraction of sp³-hybridized carbons (Fsp3) is 0.765. The predicted octanol–water partition coefficient (Wildman–Crippen LogP) is 3.47. The van der Waals surface area contributed by atoms with Gasteiger partial charge in [-0.05, 0) is 116 Å². The standard InChI is InChI=1S/C34H54N8O7/c1-32(2,3)49-31(48)35-24-20-34(21-24)11-14-39(15-12-34)22-23-6-8-25(9-7-23)42-13-10-26(37-29(42)45)36-28(44)41-18-16-40(17-19-41)27(43)33(4,5)38-30(46)47/h10,13,23-25,38H,6-9,11-12,14-22H2,1-5H3,(H,35,48)(H,46,47)(H,36,37,44,45)/t23-,25-. The van der Waals surface area contributed by atoms with Crippen LogP contribution < -0.4 is 21.6 Å². The average Bonchev–Trinajstić information content (AvgIpc) is 3.00. The van der Waals surface area contributed by atoms with Crippen molar-refractivity contribution in [2.24, 2.45) is 11.3 Å². The van der Waals surface area contributed by atoms with Gasteiger partial charge in [-0.3, -0.25) is 14.7 Å². The maximum Gasteiger partial charge on any atom is 0.407 e. The minimum Gasteiger partial charge on any atom is -0.465 e. The molecule has 4 fully saturated rings. The zero-order chi connectivity index (χ0) is 35.6. The van der Waals surface area contributed by atoms with Crippen LogP contribution in [0.4, 0.5) is 20.2 Å². The van der Waals surface area contributed by atoms with Crippen molar-refractivity contribution in [3.63, 3.8) is 0 Å². The van der Waals surface area contributed by atoms with Crippen molar-refractivity contribution in [2.75, 3.05) is 51.1 Å². The van der Waals surface area contributed by atoms with Crippen LogP contribution in [0.3, 0.4) is 0 Å². The Balaban J connectivity index is 1.00. The molecule has 4 N–H and O–H groups in total. The Labute approximate surface area is 288 Å². The van der Waals surface area contributed by atoms with Gasteiger partial charge in [-0.1, -0.05) is 0 Å². The summed E-state index contributed by atoms with van der Waals surface area (Å²) in [5.41, 5.74) is -1.79. The van der Waals surface area contributed by atoms with Gasteiger partial charge in [0.2, 0.25) is 5.91 Å². The number of hydrogen-bond acceptors (Lipinski definition) is 8. The molecule has 5 rings (SSSR count). The Hall–Kier alpha value is -3.88. The summed E-state index contributed by atoms with van der Waals surface area (Å²) < 4.78 is 7.09. The van der Waals surface area contributed by atoms with E-state index in [1.165, 1.54) is 31.6 Å². The van der Waals surface area contributed by atoms with Gasteiger partial charge in [-0.25, -0.2) is 19.2 Å². The Morgan fingerprint density at radius 3 is 2.12 bits per heavy atom. The van der Waals surface area contributed by atoms with Crippen molar-refractivity contribution in [3.8, 4) is 0 Å². The number of carbonyl (C=O) groups excluding carboxylic acids is 3. The highest BCUT2D eigenvalue weighted by molar-refractivity contribution is 5.90. The van der Waals surface area contributed by atoms with Gasteiger partial charge in [0.05, 0.1) is 0 Å². The first kappa shape index (κ1) is 36.4. The Kier molecular flexibility index (Phi) is 10.8. The third kappa shape index (κ3) is 9.43. The molecule has 3 heterocycles. The molecule has 1 spiro atoms. The lowest BCUT2D eigenvalue weighted by molar-refractivity contribution is -0.138. The molecule has 1 aromatic heterocycles. The first-order valence-electron chi connectivity index (χ1n) is 17.7. The number of hydrogen-bond donors (Lipinski definition) is 4. The highest BCUT2D eigenvalue weighted by Crippen LogP contribution is 2.49. The molecule has 1 aromatic rings. The number of urea groups is 1. The summed E-state index contributed by atoms with van der Waals surface area (Å²) in [6, 6.07) is 1.55. The molecule has 272 valence electrons. The molecule has 2 aliphatic heterocycles. The highest BCUT2D eigenvalue weighted by atomic mass is 16.6. The van der Waals surface area contributed by atoms with Gasteiger partial charge in [0.25, 0.3) is 0 Å². The van der Waals surface area contributed by atoms with Crippen molar-refractivity contribution < 1.29 is 29.0 Å². The molecule has 2 saturated heterocycles. The summed E-state index contributed by atoms with van der Waals surface area (Å²) in [5.74, 6) is 0.436. The summed E-state index contributed by atoms with van der Waals surface area (Å²) >= 11 is 0. The second-order valence-electron chi connectivity index (χ2n) is 16.0. The lowest BCUT2D eigenvalue weighted by Gasteiger charge is -2.52. The summed E-state index contributed by atoms with van der Waals surface area (Å²) in [6.45, 7) is 13.0. The topological polar surface area (TPSA) is 178 Å². The molecule has 49 heavy (non-hydrogen) atoms. The molecule has 4 aliphatic rings. The fourth-order valence-corrected chi connectivity index (χ4v) is 7.93. The van der Waals surface area contributed by atoms with Gasteiger partial charge >= 0.3 is 23.9 Å². The van der Waals surface area contributed by atoms with Crippen LogP contribution >= 0.6 is 0 Å². The van der Waals surface area contributed by atoms with Crippen LogP contribution in [0.15, 0.2) is 17.1 Å². The van der Waals surface area contributed by atoms with Crippen molar-refractivity contribution in [1.82, 2.24) is 34.9 Å². The maximum atomic E-state index is 13.0. The van der Waals surface area contributed by atoms with E-state index in [2.05, 4.69) is 25.8 Å². The Bertz CT molecular complexity index is 1420. The van der Waals surface area contributed by atoms with E-state index in [4.69, 9.17) is 9.84 Å². The van der Waals surface area contributed by atoms with Gasteiger partial charge < -0.3 is 35.2 Å². The van der Waals surface area contributed by atoms with Gasteiger partial charge in [0.15, 0.2) is 0 Å². The lowest BCUT2D eigenvalue weighted by atomic mass is 9.60. The number of anilines is 1. The average molecular weight is 687 g/mol. The van der Waals surface area contributed by atoms with Gasteiger partial charge in [-0.15, -0.1) is 0 Å². The van der Waals surface area contributed by atoms with Gasteiger partial charge in [0.1, 0.15) is 17.0 Å². The van der Waals surface area contributed by atoms with E-state index in [0.717, 1.165) is 58.2 Å². The summed E-state index contributed by atoms with van der Waals surface area (Å²) in [7, 11) is 0. The van der Waals surface area contributed by atoms with Crippen molar-refractivity contribution in [2.45, 2.75) is 109 Å². The Morgan fingerprint density at radius 1 is 0.939 bits per heavy atom. The van der Waals surface area contributed by atoms with Gasteiger partial charge in [-0.2, -0.15) is 4.98 Å². The smallest absolute Gasteiger partial charge is 0.407 e. The number of piperidine rings is 1. The van der Waals surface area contributed by atoms with Crippen LogP contribution in [0.1, 0.15) is 92.0 Å². The number of nitrogens with one attached hydrogen (secondary N) is 3. The van der Waals surface area contributed by atoms with E-state index in [-0.39, 0.29) is 61.8 Å². The number of nitrogens with zero attached hydrogens (tertiary/aromatic N) is 5. The summed E-state index contributed by atoms with van der Waals surface area (Å²) in [4.78, 5) is 71.6. The number of likely N-dealkylation sites (tertiary alicyclic amines) is 1. The largest absolute Gasteiger partial charge is 0.465 e. The molecule has 15 nitrogen and oxygen atoms in total. The molecule has 15 heteroatoms. The van der Waals surface area contributed by atoms with E-state index in [1.54, 1.807) is 21.7 Å². The number of carbonyl (C=O) groups is 4. The Morgan fingerprint density at radius 2 is 1.55 bits per heavy atom. The second-order valence-corrected chi connectivity index (χ2v) is 16.0. The van der Waals surface area contributed by atoms with Crippen LogP contribution in [0.25, 0.3) is 0 Å². The molecule has 2 aliphatic carbocycles. The van der Waals surface area contributed by atoms with Gasteiger partial charge in [0, 0.05) is 51.0 Å². The molecular weight excluding hydrogens is 632 g/mol. The van der Waals surface area contributed by atoms with Crippen molar-refractivity contribution >= 4 is 29.9 Å². The normalized spacial score (nSPS) is 23.4.